The van der Waals surface area contributed by atoms with Crippen molar-refractivity contribution in [1.82, 2.24) is 47.3 Å². The summed E-state index contributed by atoms with van der Waals surface area (Å²) in [6, 6.07) is -3.40. The van der Waals surface area contributed by atoms with Gasteiger partial charge in [-0.05, 0) is 80.6 Å². The van der Waals surface area contributed by atoms with Gasteiger partial charge in [-0.15, -0.1) is 0 Å². The molecule has 5 unspecified atom stereocenters. The van der Waals surface area contributed by atoms with Crippen molar-refractivity contribution in [3.05, 3.63) is 70.3 Å². The van der Waals surface area contributed by atoms with Gasteiger partial charge < -0.3 is 83.3 Å². The van der Waals surface area contributed by atoms with Crippen LogP contribution in [0.3, 0.4) is 0 Å². The maximum absolute atomic E-state index is 14.6. The molecular formula is C49H66N10O18S3. The zero-order valence-electron chi connectivity index (χ0n) is 43.7. The fraction of sp³-hybridized carbons (Fsp3) is 0.490. The third-order valence-electron chi connectivity index (χ3n) is 11.9. The summed E-state index contributed by atoms with van der Waals surface area (Å²) in [5.74, 6) is -16.7. The van der Waals surface area contributed by atoms with Crippen LogP contribution in [0.5, 0.6) is 11.5 Å². The van der Waals surface area contributed by atoms with Crippen molar-refractivity contribution in [1.29, 1.82) is 0 Å². The van der Waals surface area contributed by atoms with E-state index in [9.17, 15) is 78.3 Å². The number of unbranched alkanes of at least 4 members (excludes halogenated alkanes) is 1. The molecule has 0 aromatic heterocycles. The largest absolute Gasteiger partial charge is 0.508 e. The zero-order chi connectivity index (χ0) is 59.6. The number of amides is 8. The number of carboxylic acids is 1. The van der Waals surface area contributed by atoms with Crippen LogP contribution in [0, 0.1) is 0 Å². The molecule has 2 aromatic rings. The Morgan fingerprint density at radius 2 is 0.975 bits per heavy atom. The van der Waals surface area contributed by atoms with Crippen molar-refractivity contribution in [2.75, 3.05) is 18.1 Å². The molecule has 2 fully saturated rings. The topological polar surface area (TPSA) is 442 Å². The summed E-state index contributed by atoms with van der Waals surface area (Å²) >= 11 is 8.72. The summed E-state index contributed by atoms with van der Waals surface area (Å²) in [4.78, 5) is 152. The van der Waals surface area contributed by atoms with E-state index in [1.165, 1.54) is 62.4 Å². The number of cyclic esters (lactones) is 2. The number of aliphatic carboxylic acids is 1. The molecule has 31 heteroatoms. The molecule has 2 saturated heterocycles. The Balaban J connectivity index is 1.90. The van der Waals surface area contributed by atoms with E-state index >= 15 is 0 Å². The van der Waals surface area contributed by atoms with Crippen molar-refractivity contribution in [2.24, 2.45) is 5.73 Å². The summed E-state index contributed by atoms with van der Waals surface area (Å²) < 4.78 is 13.4. The first-order valence-electron chi connectivity index (χ1n) is 24.8. The number of aromatic hydroxyl groups is 2. The molecular weight excluding hydrogens is 1110 g/mol. The van der Waals surface area contributed by atoms with Gasteiger partial charge in [0, 0.05) is 38.2 Å². The number of nitrogens with one attached hydrogen (secondary N) is 9. The van der Waals surface area contributed by atoms with Crippen LogP contribution in [0.1, 0.15) is 64.5 Å². The number of carboxylic acid groups (broad SMARTS) is 1. The van der Waals surface area contributed by atoms with Gasteiger partial charge in [-0.1, -0.05) is 30.7 Å². The molecule has 0 bridgehead atoms. The number of carbonyl (C=O) groups is 11. The molecule has 438 valence electrons. The number of rotatable bonds is 14. The van der Waals surface area contributed by atoms with Gasteiger partial charge in [0.1, 0.15) is 58.8 Å². The Labute approximate surface area is 473 Å². The summed E-state index contributed by atoms with van der Waals surface area (Å²) in [6.45, 7) is 4.85. The number of phenolic OH excluding ortho intramolecular Hbond substituents is 2. The molecule has 0 aliphatic carbocycles. The molecule has 2 aromatic carbocycles. The normalized spacial score (nSPS) is 25.3. The van der Waals surface area contributed by atoms with E-state index in [4.69, 9.17) is 15.2 Å². The molecule has 2 aliphatic rings. The van der Waals surface area contributed by atoms with Crippen LogP contribution in [0.4, 0.5) is 0 Å². The highest BCUT2D eigenvalue weighted by molar-refractivity contribution is 8.01. The number of phenols is 2. The van der Waals surface area contributed by atoms with E-state index in [0.717, 1.165) is 13.8 Å². The average Bonchev–Trinajstić information content (AvgIpc) is 3.37. The van der Waals surface area contributed by atoms with E-state index in [2.05, 4.69) is 72.5 Å². The fourth-order valence-corrected chi connectivity index (χ4v) is 9.05. The highest BCUT2D eigenvalue weighted by atomic mass is 32.2. The van der Waals surface area contributed by atoms with Gasteiger partial charge in [0.2, 0.25) is 47.3 Å². The number of hydrogen-bond donors (Lipinski definition) is 17. The lowest BCUT2D eigenvalue weighted by molar-refractivity contribution is -0.222. The molecule has 16 N–H and O–H groups in total. The lowest BCUT2D eigenvalue weighted by atomic mass is 10.0. The SMILES string of the molecule is C[C@@H](O)C1NC(=O)[C@H](Cc2ccc(O)cc2)NC(=O)C(CS)NC(=O)[C@H]([C@@H](C)O)NC(=O)C(CCCCN)NSC(=C2C(=O)OC(C)(C)OC2=O)NC(=O)C(Cc2ccc(O)cc2)NC(=O)[C@H](CS)NC(=O)C(CC(=O)O)NC1=O. The van der Waals surface area contributed by atoms with E-state index in [0.29, 0.717) is 29.5 Å². The highest BCUT2D eigenvalue weighted by Crippen LogP contribution is 2.28. The van der Waals surface area contributed by atoms with Crippen LogP contribution >= 0.6 is 37.2 Å². The van der Waals surface area contributed by atoms with Crippen LogP contribution in [-0.4, -0.2) is 175 Å². The monoisotopic (exact) mass is 1180 g/mol. The maximum Gasteiger partial charge on any atom is 0.351 e. The predicted octanol–water partition coefficient (Wildman–Crippen LogP) is -3.71. The first kappa shape index (κ1) is 65.4. The minimum Gasteiger partial charge on any atom is -0.508 e. The number of aliphatic hydroxyl groups is 2. The Kier molecular flexibility index (Phi) is 24.9. The zero-order valence-corrected chi connectivity index (χ0v) is 46.3. The first-order valence-corrected chi connectivity index (χ1v) is 26.9. The third kappa shape index (κ3) is 19.6. The lowest BCUT2D eigenvalue weighted by Crippen LogP contribution is -2.63. The first-order chi connectivity index (χ1) is 37.7. The number of hydrogen-bond acceptors (Lipinski definition) is 22. The maximum atomic E-state index is 14.6. The van der Waals surface area contributed by atoms with Gasteiger partial charge in [-0.3, -0.25) is 43.2 Å². The van der Waals surface area contributed by atoms with Gasteiger partial charge in [0.05, 0.1) is 24.7 Å². The summed E-state index contributed by atoms with van der Waals surface area (Å²) in [6.07, 6.45) is -4.89. The molecule has 8 amide bonds. The van der Waals surface area contributed by atoms with E-state index < -0.39 is 166 Å². The van der Waals surface area contributed by atoms with Gasteiger partial charge in [-0.25, -0.2) is 14.3 Å². The number of carbonyl (C=O) groups excluding carboxylic acids is 10. The molecule has 2 aliphatic heterocycles. The van der Waals surface area contributed by atoms with Crippen LogP contribution in [-0.2, 0) is 75.1 Å². The molecule has 80 heavy (non-hydrogen) atoms. The van der Waals surface area contributed by atoms with Gasteiger partial charge in [0.15, 0.2) is 5.57 Å². The van der Waals surface area contributed by atoms with Crippen molar-refractivity contribution in [2.45, 2.75) is 133 Å². The number of nitrogens with two attached hydrogens (primary N) is 1. The van der Waals surface area contributed by atoms with Crippen molar-refractivity contribution < 1.29 is 87.7 Å². The second-order valence-corrected chi connectivity index (χ2v) is 20.5. The van der Waals surface area contributed by atoms with E-state index in [1.54, 1.807) is 0 Å². The predicted molar refractivity (Wildman–Crippen MR) is 289 cm³/mol. The number of thiol groups is 2. The van der Waals surface area contributed by atoms with Gasteiger partial charge in [0.25, 0.3) is 5.79 Å². The lowest BCUT2D eigenvalue weighted by Gasteiger charge is -2.31. The van der Waals surface area contributed by atoms with Gasteiger partial charge >= 0.3 is 17.9 Å². The molecule has 4 rings (SSSR count). The highest BCUT2D eigenvalue weighted by Gasteiger charge is 2.43. The molecule has 28 nitrogen and oxygen atoms in total. The van der Waals surface area contributed by atoms with E-state index in [-0.39, 0.29) is 37.3 Å². The Bertz CT molecular complexity index is 2620. The van der Waals surface area contributed by atoms with Crippen molar-refractivity contribution >= 4 is 102 Å². The molecule has 0 saturated carbocycles. The second kappa shape index (κ2) is 30.4. The number of ether oxygens (including phenoxy) is 2. The quantitative estimate of drug-likeness (QED) is 0.0216. The van der Waals surface area contributed by atoms with Crippen molar-refractivity contribution in [3.8, 4) is 11.5 Å². The Hall–Kier alpha value is -7.16. The summed E-state index contributed by atoms with van der Waals surface area (Å²) in [7, 11) is 0. The fourth-order valence-electron chi connectivity index (χ4n) is 7.63. The smallest absolute Gasteiger partial charge is 0.351 e. The third-order valence-corrected chi connectivity index (χ3v) is 13.5. The van der Waals surface area contributed by atoms with Crippen LogP contribution in [0.2, 0.25) is 0 Å². The number of benzene rings is 2. The van der Waals surface area contributed by atoms with Crippen LogP contribution in [0.15, 0.2) is 59.1 Å². The summed E-state index contributed by atoms with van der Waals surface area (Å²) in [5, 5.41) is 69.6. The molecule has 0 spiro atoms. The van der Waals surface area contributed by atoms with Gasteiger partial charge in [-0.2, -0.15) is 25.3 Å². The van der Waals surface area contributed by atoms with E-state index in [1.807, 2.05) is 0 Å². The second-order valence-electron chi connectivity index (χ2n) is 18.9. The Morgan fingerprint density at radius 1 is 0.588 bits per heavy atom. The minimum atomic E-state index is -2.04. The average molecular weight is 1180 g/mol. The molecule has 2 heterocycles. The number of aliphatic hydroxyl groups excluding tert-OH is 2. The number of esters is 2. The molecule has 0 radical (unpaired) electrons. The standard InChI is InChI=1S/C49H66N10O18S3/c1-22(60)36-44(72)53-31(19-34(64)65)39(67)54-32(20-78)42(70)52-30(18-25-10-14-27(63)15-11-25)41(69)58-46(35-47(74)76-49(3,4)77-48(35)75)80-59-28(7-5-6-16-50)38(66)56-37(23(2)61)45(73)55-33(21-79)43(71)51-29(40(68)57-36)17-24-8-12-26(62)13-9-24/h8-15,22-23,28-33,36-37,59-63,78-79H,5-7,16-21,50H2,1-4H3,(H,51,71)(H,52,70)(H,53,72)(H,54,67)(H,55,73)(H,56,66)(H,57,68)(H,58,69)(H,64,65)/t22-,23-,28?,29+,30?,31?,32+,33?,36?,37+/m1/s1. The van der Waals surface area contributed by atoms with Crippen LogP contribution < -0.4 is 53.0 Å². The molecule has 10 atom stereocenters. The minimum absolute atomic E-state index is 0.0878. The van der Waals surface area contributed by atoms with Crippen LogP contribution in [0.25, 0.3) is 0 Å². The Morgan fingerprint density at radius 3 is 1.40 bits per heavy atom. The summed E-state index contributed by atoms with van der Waals surface area (Å²) in [5.41, 5.74) is 5.47. The van der Waals surface area contributed by atoms with Crippen molar-refractivity contribution in [3.63, 3.8) is 0 Å².